The van der Waals surface area contributed by atoms with Gasteiger partial charge in [-0.15, -0.1) is 0 Å². The molecule has 0 radical (unpaired) electrons. The SMILES string of the molecule is CCn1nc(C)c(Cl)c1CSCCC(C)N. The molecule has 3 nitrogen and oxygen atoms in total. The lowest BCUT2D eigenvalue weighted by Crippen LogP contribution is -2.15. The van der Waals surface area contributed by atoms with Crippen molar-refractivity contribution in [2.45, 2.75) is 45.5 Å². The van der Waals surface area contributed by atoms with E-state index in [9.17, 15) is 0 Å². The second kappa shape index (κ2) is 6.52. The molecule has 1 heterocycles. The minimum absolute atomic E-state index is 0.279. The van der Waals surface area contributed by atoms with Gasteiger partial charge in [-0.2, -0.15) is 16.9 Å². The molecule has 0 aromatic carbocycles. The molecule has 2 N–H and O–H groups in total. The molecule has 1 aromatic rings. The second-order valence-corrected chi connectivity index (χ2v) is 5.46. The molecule has 92 valence electrons. The maximum absolute atomic E-state index is 6.21. The molecule has 0 aliphatic rings. The highest BCUT2D eigenvalue weighted by atomic mass is 35.5. The van der Waals surface area contributed by atoms with Crippen LogP contribution in [0.5, 0.6) is 0 Å². The number of rotatable bonds is 6. The Morgan fingerprint density at radius 2 is 2.25 bits per heavy atom. The van der Waals surface area contributed by atoms with E-state index in [0.29, 0.717) is 0 Å². The molecular weight excluding hydrogens is 242 g/mol. The number of aromatic nitrogens is 2. The Morgan fingerprint density at radius 3 is 2.81 bits per heavy atom. The third-order valence-corrected chi connectivity index (χ3v) is 3.90. The van der Waals surface area contributed by atoms with Crippen molar-refractivity contribution in [1.29, 1.82) is 0 Å². The van der Waals surface area contributed by atoms with Gasteiger partial charge >= 0.3 is 0 Å². The standard InChI is InChI=1S/C11H20ClN3S/c1-4-15-10(11(12)9(3)14-15)7-16-6-5-8(2)13/h8H,4-7,13H2,1-3H3. The highest BCUT2D eigenvalue weighted by Crippen LogP contribution is 2.24. The Labute approximate surface area is 107 Å². The summed E-state index contributed by atoms with van der Waals surface area (Å²) in [6, 6.07) is 0.279. The number of nitrogens with zero attached hydrogens (tertiary/aromatic N) is 2. The van der Waals surface area contributed by atoms with Gasteiger partial charge in [0.05, 0.1) is 16.4 Å². The molecule has 1 aromatic heterocycles. The molecule has 1 unspecified atom stereocenters. The van der Waals surface area contributed by atoms with Crippen LogP contribution in [-0.2, 0) is 12.3 Å². The summed E-state index contributed by atoms with van der Waals surface area (Å²) in [6.45, 7) is 6.94. The minimum Gasteiger partial charge on any atom is -0.328 e. The van der Waals surface area contributed by atoms with E-state index < -0.39 is 0 Å². The summed E-state index contributed by atoms with van der Waals surface area (Å²) in [5.41, 5.74) is 7.76. The van der Waals surface area contributed by atoms with Gasteiger partial charge in [0, 0.05) is 18.3 Å². The lowest BCUT2D eigenvalue weighted by Gasteiger charge is -2.06. The van der Waals surface area contributed by atoms with E-state index in [0.717, 1.165) is 40.9 Å². The van der Waals surface area contributed by atoms with Crippen molar-refractivity contribution in [2.75, 3.05) is 5.75 Å². The lowest BCUT2D eigenvalue weighted by molar-refractivity contribution is 0.631. The first-order valence-electron chi connectivity index (χ1n) is 5.61. The van der Waals surface area contributed by atoms with E-state index in [1.807, 2.05) is 30.3 Å². The number of hydrogen-bond acceptors (Lipinski definition) is 3. The summed E-state index contributed by atoms with van der Waals surface area (Å²) in [5.74, 6) is 1.99. The molecule has 16 heavy (non-hydrogen) atoms. The van der Waals surface area contributed by atoms with Crippen molar-refractivity contribution in [3.63, 3.8) is 0 Å². The predicted octanol–water partition coefficient (Wildman–Crippen LogP) is 2.84. The number of halogens is 1. The molecule has 0 saturated heterocycles. The Bertz CT molecular complexity index is 336. The van der Waals surface area contributed by atoms with Crippen LogP contribution in [0.15, 0.2) is 0 Å². The third kappa shape index (κ3) is 3.68. The van der Waals surface area contributed by atoms with Crippen molar-refractivity contribution in [3.05, 3.63) is 16.4 Å². The fourth-order valence-electron chi connectivity index (χ4n) is 1.44. The maximum atomic E-state index is 6.21. The molecule has 0 bridgehead atoms. The summed E-state index contributed by atoms with van der Waals surface area (Å²) in [5, 5.41) is 5.20. The van der Waals surface area contributed by atoms with Gasteiger partial charge < -0.3 is 5.73 Å². The molecule has 1 rings (SSSR count). The largest absolute Gasteiger partial charge is 0.328 e. The first-order valence-corrected chi connectivity index (χ1v) is 7.14. The van der Waals surface area contributed by atoms with Gasteiger partial charge in [-0.1, -0.05) is 11.6 Å². The molecule has 5 heteroatoms. The molecule has 0 amide bonds. The summed E-state index contributed by atoms with van der Waals surface area (Å²) in [6.07, 6.45) is 1.04. The number of nitrogens with two attached hydrogens (primary N) is 1. The molecule has 0 saturated carbocycles. The van der Waals surface area contributed by atoms with Crippen LogP contribution in [0.25, 0.3) is 0 Å². The molecule has 0 aliphatic carbocycles. The zero-order valence-corrected chi connectivity index (χ0v) is 11.7. The van der Waals surface area contributed by atoms with Gasteiger partial charge in [0.1, 0.15) is 0 Å². The Kier molecular flexibility index (Phi) is 5.66. The van der Waals surface area contributed by atoms with Gasteiger partial charge in [0.15, 0.2) is 0 Å². The Hall–Kier alpha value is -0.190. The lowest BCUT2D eigenvalue weighted by atomic mass is 10.3. The monoisotopic (exact) mass is 261 g/mol. The van der Waals surface area contributed by atoms with Crippen molar-refractivity contribution in [3.8, 4) is 0 Å². The zero-order chi connectivity index (χ0) is 12.1. The highest BCUT2D eigenvalue weighted by Gasteiger charge is 2.11. The molecule has 0 aliphatic heterocycles. The molecule has 0 spiro atoms. The normalized spacial score (nSPS) is 13.1. The third-order valence-electron chi connectivity index (χ3n) is 2.41. The van der Waals surface area contributed by atoms with Crippen LogP contribution < -0.4 is 5.73 Å². The van der Waals surface area contributed by atoms with Crippen LogP contribution in [-0.4, -0.2) is 21.6 Å². The van der Waals surface area contributed by atoms with E-state index in [4.69, 9.17) is 17.3 Å². The van der Waals surface area contributed by atoms with E-state index >= 15 is 0 Å². The average Bonchev–Trinajstić information content (AvgIpc) is 2.50. The van der Waals surface area contributed by atoms with Gasteiger partial charge in [-0.25, -0.2) is 0 Å². The molecule has 1 atom stereocenters. The van der Waals surface area contributed by atoms with Crippen molar-refractivity contribution in [2.24, 2.45) is 5.73 Å². The van der Waals surface area contributed by atoms with Gasteiger partial charge in [0.25, 0.3) is 0 Å². The van der Waals surface area contributed by atoms with Crippen molar-refractivity contribution < 1.29 is 0 Å². The van der Waals surface area contributed by atoms with Crippen LogP contribution in [0.1, 0.15) is 31.7 Å². The van der Waals surface area contributed by atoms with E-state index in [2.05, 4.69) is 12.0 Å². The topological polar surface area (TPSA) is 43.8 Å². The predicted molar refractivity (Wildman–Crippen MR) is 72.1 cm³/mol. The first kappa shape index (κ1) is 13.9. The Morgan fingerprint density at radius 1 is 1.56 bits per heavy atom. The van der Waals surface area contributed by atoms with Crippen LogP contribution in [0.4, 0.5) is 0 Å². The van der Waals surface area contributed by atoms with Gasteiger partial charge in [-0.05, 0) is 32.9 Å². The summed E-state index contributed by atoms with van der Waals surface area (Å²) in [4.78, 5) is 0. The van der Waals surface area contributed by atoms with Crippen LogP contribution >= 0.6 is 23.4 Å². The zero-order valence-electron chi connectivity index (χ0n) is 10.2. The summed E-state index contributed by atoms with van der Waals surface area (Å²) >= 11 is 8.08. The van der Waals surface area contributed by atoms with Crippen LogP contribution in [0.2, 0.25) is 5.02 Å². The molecule has 0 fully saturated rings. The summed E-state index contributed by atoms with van der Waals surface area (Å²) in [7, 11) is 0. The van der Waals surface area contributed by atoms with E-state index in [-0.39, 0.29) is 6.04 Å². The van der Waals surface area contributed by atoms with Gasteiger partial charge in [-0.3, -0.25) is 4.68 Å². The van der Waals surface area contributed by atoms with Crippen molar-refractivity contribution >= 4 is 23.4 Å². The number of aryl methyl sites for hydroxylation is 2. The molecular formula is C11H20ClN3S. The quantitative estimate of drug-likeness (QED) is 0.801. The Balaban J connectivity index is 2.52. The number of thioether (sulfide) groups is 1. The number of hydrogen-bond donors (Lipinski definition) is 1. The van der Waals surface area contributed by atoms with Crippen molar-refractivity contribution in [1.82, 2.24) is 9.78 Å². The van der Waals surface area contributed by atoms with Gasteiger partial charge in [0.2, 0.25) is 0 Å². The first-order chi connectivity index (χ1) is 7.56. The average molecular weight is 262 g/mol. The smallest absolute Gasteiger partial charge is 0.0855 e. The summed E-state index contributed by atoms with van der Waals surface area (Å²) < 4.78 is 1.98. The fraction of sp³-hybridized carbons (Fsp3) is 0.727. The minimum atomic E-state index is 0.279. The highest BCUT2D eigenvalue weighted by molar-refractivity contribution is 7.98. The van der Waals surface area contributed by atoms with E-state index in [1.165, 1.54) is 0 Å². The second-order valence-electron chi connectivity index (χ2n) is 3.98. The van der Waals surface area contributed by atoms with Crippen LogP contribution in [0.3, 0.4) is 0 Å². The fourth-order valence-corrected chi connectivity index (χ4v) is 2.90. The maximum Gasteiger partial charge on any atom is 0.0855 e. The van der Waals surface area contributed by atoms with E-state index in [1.54, 1.807) is 0 Å². The van der Waals surface area contributed by atoms with Crippen LogP contribution in [0, 0.1) is 6.92 Å².